The number of hydrogen-bond acceptors (Lipinski definition) is 3. The lowest BCUT2D eigenvalue weighted by Gasteiger charge is -2.22. The molecule has 0 aliphatic rings. The van der Waals surface area contributed by atoms with Crippen molar-refractivity contribution in [2.75, 3.05) is 13.6 Å². The largest absolute Gasteiger partial charge is 0.353 e. The molecule has 1 N–H and O–H groups in total. The summed E-state index contributed by atoms with van der Waals surface area (Å²) in [6, 6.07) is 8.27. The second-order valence-corrected chi connectivity index (χ2v) is 6.43. The summed E-state index contributed by atoms with van der Waals surface area (Å²) >= 11 is 3.46. The fourth-order valence-corrected chi connectivity index (χ4v) is 2.41. The minimum absolute atomic E-state index is 0.474. The van der Waals surface area contributed by atoms with Crippen molar-refractivity contribution >= 4 is 21.9 Å². The average Bonchev–Trinajstić information content (AvgIpc) is 2.89. The van der Waals surface area contributed by atoms with Crippen LogP contribution in [-0.2, 0) is 20.1 Å². The van der Waals surface area contributed by atoms with Gasteiger partial charge in [-0.1, -0.05) is 34.1 Å². The topological polar surface area (TPSA) is 58.3 Å². The first-order valence-electron chi connectivity index (χ1n) is 7.71. The zero-order valence-corrected chi connectivity index (χ0v) is 15.9. The molecule has 0 aliphatic heterocycles. The molecule has 2 aromatic rings. The molecule has 0 bridgehead atoms. The summed E-state index contributed by atoms with van der Waals surface area (Å²) in [5, 5.41) is 11.5. The maximum atomic E-state index is 4.67. The maximum absolute atomic E-state index is 4.67. The molecule has 6 nitrogen and oxygen atoms in total. The molecule has 0 saturated carbocycles. The Morgan fingerprint density at radius 1 is 1.38 bits per heavy atom. The van der Waals surface area contributed by atoms with Crippen LogP contribution in [0.3, 0.4) is 0 Å². The molecule has 0 saturated heterocycles. The highest BCUT2D eigenvalue weighted by molar-refractivity contribution is 9.10. The van der Waals surface area contributed by atoms with Gasteiger partial charge in [0.1, 0.15) is 12.4 Å². The highest BCUT2D eigenvalue weighted by atomic mass is 79.9. The van der Waals surface area contributed by atoms with E-state index in [2.05, 4.69) is 60.0 Å². The molecule has 1 aromatic carbocycles. The molecule has 128 valence electrons. The van der Waals surface area contributed by atoms with Crippen LogP contribution in [0.1, 0.15) is 17.2 Å². The predicted octanol–water partition coefficient (Wildman–Crippen LogP) is 2.65. The van der Waals surface area contributed by atoms with Crippen molar-refractivity contribution in [3.63, 3.8) is 0 Å². The van der Waals surface area contributed by atoms with E-state index in [0.29, 0.717) is 13.1 Å². The first-order valence-corrected chi connectivity index (χ1v) is 8.50. The zero-order valence-electron chi connectivity index (χ0n) is 14.3. The molecule has 1 heterocycles. The van der Waals surface area contributed by atoms with Gasteiger partial charge in [-0.3, -0.25) is 0 Å². The van der Waals surface area contributed by atoms with Gasteiger partial charge in [-0.25, -0.2) is 4.99 Å². The molecule has 7 heteroatoms. The third kappa shape index (κ3) is 4.92. The third-order valence-corrected chi connectivity index (χ3v) is 4.18. The third-order valence-electron chi connectivity index (χ3n) is 3.65. The van der Waals surface area contributed by atoms with Crippen molar-refractivity contribution in [3.8, 4) is 0 Å². The molecular weight excluding hydrogens is 368 g/mol. The minimum Gasteiger partial charge on any atom is -0.353 e. The molecule has 0 aliphatic carbocycles. The number of aryl methyl sites for hydroxylation is 1. The van der Waals surface area contributed by atoms with Crippen molar-refractivity contribution in [2.45, 2.75) is 20.0 Å². The van der Waals surface area contributed by atoms with E-state index in [0.717, 1.165) is 28.6 Å². The first kappa shape index (κ1) is 18.2. The molecule has 0 radical (unpaired) electrons. The quantitative estimate of drug-likeness (QED) is 0.467. The Kier molecular flexibility index (Phi) is 6.54. The Morgan fingerprint density at radius 3 is 2.67 bits per heavy atom. The molecule has 0 fully saturated rings. The van der Waals surface area contributed by atoms with Crippen LogP contribution in [0.5, 0.6) is 0 Å². The van der Waals surface area contributed by atoms with Crippen LogP contribution in [0.4, 0.5) is 0 Å². The Morgan fingerprint density at radius 2 is 2.08 bits per heavy atom. The van der Waals surface area contributed by atoms with E-state index < -0.39 is 0 Å². The Bertz CT molecular complexity index is 704. The number of aliphatic imine (C=N–C) groups is 1. The fourth-order valence-electron chi connectivity index (χ4n) is 2.15. The van der Waals surface area contributed by atoms with Crippen LogP contribution in [0.25, 0.3) is 0 Å². The summed E-state index contributed by atoms with van der Waals surface area (Å²) in [6.07, 6.45) is 1.81. The van der Waals surface area contributed by atoms with Crippen molar-refractivity contribution in [2.24, 2.45) is 12.0 Å². The van der Waals surface area contributed by atoms with Gasteiger partial charge >= 0.3 is 0 Å². The second-order valence-electron chi connectivity index (χ2n) is 5.51. The van der Waals surface area contributed by atoms with Crippen molar-refractivity contribution < 1.29 is 0 Å². The SMILES string of the molecule is C=CCNC(=NCc1nnc(C)n1C)N(C)Cc1ccc(Br)cc1. The zero-order chi connectivity index (χ0) is 17.5. The van der Waals surface area contributed by atoms with E-state index in [1.807, 2.05) is 43.8 Å². The molecular formula is C17H23BrN6. The van der Waals surface area contributed by atoms with Gasteiger partial charge in [0, 0.05) is 31.7 Å². The fraction of sp³-hybridized carbons (Fsp3) is 0.353. The molecule has 0 spiro atoms. The van der Waals surface area contributed by atoms with Gasteiger partial charge in [0.15, 0.2) is 11.8 Å². The summed E-state index contributed by atoms with van der Waals surface area (Å²) in [5.41, 5.74) is 1.21. The van der Waals surface area contributed by atoms with Gasteiger partial charge in [-0.2, -0.15) is 0 Å². The average molecular weight is 391 g/mol. The monoisotopic (exact) mass is 390 g/mol. The van der Waals surface area contributed by atoms with Gasteiger partial charge in [-0.15, -0.1) is 16.8 Å². The lowest BCUT2D eigenvalue weighted by Crippen LogP contribution is -2.38. The van der Waals surface area contributed by atoms with Gasteiger partial charge < -0.3 is 14.8 Å². The number of guanidine groups is 1. The van der Waals surface area contributed by atoms with E-state index in [1.54, 1.807) is 0 Å². The summed E-state index contributed by atoms with van der Waals surface area (Å²) in [7, 11) is 3.96. The van der Waals surface area contributed by atoms with Gasteiger partial charge in [-0.05, 0) is 24.6 Å². The van der Waals surface area contributed by atoms with Crippen molar-refractivity contribution in [1.29, 1.82) is 0 Å². The van der Waals surface area contributed by atoms with E-state index in [9.17, 15) is 0 Å². The number of benzene rings is 1. The normalized spacial score (nSPS) is 11.4. The number of nitrogens with zero attached hydrogens (tertiary/aromatic N) is 5. The van der Waals surface area contributed by atoms with Gasteiger partial charge in [0.05, 0.1) is 0 Å². The molecule has 24 heavy (non-hydrogen) atoms. The van der Waals surface area contributed by atoms with Gasteiger partial charge in [0.2, 0.25) is 0 Å². The lowest BCUT2D eigenvalue weighted by molar-refractivity contribution is 0.477. The maximum Gasteiger partial charge on any atom is 0.194 e. The lowest BCUT2D eigenvalue weighted by atomic mass is 10.2. The number of nitrogens with one attached hydrogen (secondary N) is 1. The summed E-state index contributed by atoms with van der Waals surface area (Å²) in [6.45, 7) is 7.57. The highest BCUT2D eigenvalue weighted by Crippen LogP contribution is 2.12. The first-order chi connectivity index (χ1) is 11.5. The highest BCUT2D eigenvalue weighted by Gasteiger charge is 2.09. The predicted molar refractivity (Wildman–Crippen MR) is 101 cm³/mol. The van der Waals surface area contributed by atoms with Crippen molar-refractivity contribution in [3.05, 3.63) is 58.6 Å². The summed E-state index contributed by atoms with van der Waals surface area (Å²) < 4.78 is 3.02. The van der Waals surface area contributed by atoms with E-state index in [1.165, 1.54) is 5.56 Å². The number of hydrogen-bond donors (Lipinski definition) is 1. The summed E-state index contributed by atoms with van der Waals surface area (Å²) in [5.74, 6) is 2.52. The van der Waals surface area contributed by atoms with Crippen LogP contribution in [0.2, 0.25) is 0 Å². The number of halogens is 1. The molecule has 1 aromatic heterocycles. The number of rotatable bonds is 6. The van der Waals surface area contributed by atoms with Crippen LogP contribution >= 0.6 is 15.9 Å². The van der Waals surface area contributed by atoms with E-state index >= 15 is 0 Å². The standard InChI is InChI=1S/C17H23BrN6/c1-5-10-19-17(20-11-16-22-21-13(2)24(16)4)23(3)12-14-6-8-15(18)9-7-14/h5-9H,1,10-12H2,2-4H3,(H,19,20). The molecule has 0 atom stereocenters. The van der Waals surface area contributed by atoms with Crippen LogP contribution < -0.4 is 5.32 Å². The number of aromatic nitrogens is 3. The Balaban J connectivity index is 2.10. The van der Waals surface area contributed by atoms with Crippen molar-refractivity contribution in [1.82, 2.24) is 25.0 Å². The van der Waals surface area contributed by atoms with Crippen LogP contribution in [0.15, 0.2) is 46.4 Å². The molecule has 0 amide bonds. The second kappa shape index (κ2) is 8.63. The Labute approximate surface area is 151 Å². The molecule has 0 unspecified atom stereocenters. The van der Waals surface area contributed by atoms with Gasteiger partial charge in [0.25, 0.3) is 0 Å². The van der Waals surface area contributed by atoms with Crippen LogP contribution in [0, 0.1) is 6.92 Å². The Hall–Kier alpha value is -2.15. The molecule has 2 rings (SSSR count). The smallest absolute Gasteiger partial charge is 0.194 e. The minimum atomic E-state index is 0.474. The summed E-state index contributed by atoms with van der Waals surface area (Å²) in [4.78, 5) is 6.75. The van der Waals surface area contributed by atoms with Crippen LogP contribution in [-0.4, -0.2) is 39.2 Å². The van der Waals surface area contributed by atoms with E-state index in [-0.39, 0.29) is 0 Å². The van der Waals surface area contributed by atoms with E-state index in [4.69, 9.17) is 0 Å².